The fourth-order valence-corrected chi connectivity index (χ4v) is 2.48. The summed E-state index contributed by atoms with van der Waals surface area (Å²) in [4.78, 5) is 30.5. The van der Waals surface area contributed by atoms with Crippen molar-refractivity contribution in [1.29, 1.82) is 0 Å². The SMILES string of the molecule is CCNC(=O)CN(CC)C(=O)c1ccc(-c2ccccc2)nc1C. The summed E-state index contributed by atoms with van der Waals surface area (Å²) < 4.78 is 0. The number of aryl methyl sites for hydroxylation is 1. The standard InChI is InChI=1S/C19H23N3O2/c1-4-20-18(23)13-22(5-2)19(24)16-11-12-17(21-14(16)3)15-9-7-6-8-10-15/h6-12H,4-5,13H2,1-3H3,(H,20,23). The lowest BCUT2D eigenvalue weighted by molar-refractivity contribution is -0.121. The predicted octanol–water partition coefficient (Wildman–Crippen LogP) is 2.66. The van der Waals surface area contributed by atoms with Crippen molar-refractivity contribution in [3.63, 3.8) is 0 Å². The summed E-state index contributed by atoms with van der Waals surface area (Å²) in [5, 5.41) is 2.71. The molecule has 1 heterocycles. The van der Waals surface area contributed by atoms with E-state index in [4.69, 9.17) is 0 Å². The van der Waals surface area contributed by atoms with E-state index in [1.54, 1.807) is 6.07 Å². The molecular formula is C19H23N3O2. The van der Waals surface area contributed by atoms with Crippen molar-refractivity contribution in [2.24, 2.45) is 0 Å². The van der Waals surface area contributed by atoms with Gasteiger partial charge in [0, 0.05) is 18.7 Å². The Kier molecular flexibility index (Phi) is 6.07. The highest BCUT2D eigenvalue weighted by Crippen LogP contribution is 2.19. The highest BCUT2D eigenvalue weighted by atomic mass is 16.2. The van der Waals surface area contributed by atoms with Gasteiger partial charge in [-0.1, -0.05) is 30.3 Å². The van der Waals surface area contributed by atoms with E-state index in [2.05, 4.69) is 10.3 Å². The average molecular weight is 325 g/mol. The molecule has 0 fully saturated rings. The Bertz CT molecular complexity index is 714. The summed E-state index contributed by atoms with van der Waals surface area (Å²) in [6.45, 7) is 6.61. The second-order valence-corrected chi connectivity index (χ2v) is 5.47. The number of pyridine rings is 1. The molecule has 0 aliphatic carbocycles. The van der Waals surface area contributed by atoms with Gasteiger partial charge in [-0.2, -0.15) is 0 Å². The summed E-state index contributed by atoms with van der Waals surface area (Å²) >= 11 is 0. The minimum absolute atomic E-state index is 0.0586. The van der Waals surface area contributed by atoms with Crippen LogP contribution in [0, 0.1) is 6.92 Å². The topological polar surface area (TPSA) is 62.3 Å². The largest absolute Gasteiger partial charge is 0.355 e. The molecule has 0 radical (unpaired) electrons. The normalized spacial score (nSPS) is 10.3. The molecule has 1 N–H and O–H groups in total. The molecule has 2 rings (SSSR count). The van der Waals surface area contributed by atoms with Crippen LogP contribution in [0.25, 0.3) is 11.3 Å². The number of carbonyl (C=O) groups excluding carboxylic acids is 2. The van der Waals surface area contributed by atoms with Crippen molar-refractivity contribution in [3.05, 3.63) is 53.7 Å². The molecular weight excluding hydrogens is 302 g/mol. The summed E-state index contributed by atoms with van der Waals surface area (Å²) in [5.74, 6) is -0.326. The molecule has 126 valence electrons. The first-order chi connectivity index (χ1) is 11.6. The van der Waals surface area contributed by atoms with Crippen LogP contribution in [0.5, 0.6) is 0 Å². The fourth-order valence-electron chi connectivity index (χ4n) is 2.48. The molecule has 0 saturated carbocycles. The number of likely N-dealkylation sites (N-methyl/N-ethyl adjacent to an activating group) is 2. The Morgan fingerprint density at radius 2 is 1.79 bits per heavy atom. The van der Waals surface area contributed by atoms with Gasteiger partial charge < -0.3 is 10.2 Å². The fraction of sp³-hybridized carbons (Fsp3) is 0.316. The molecule has 0 atom stereocenters. The first-order valence-corrected chi connectivity index (χ1v) is 8.15. The van der Waals surface area contributed by atoms with Crippen molar-refractivity contribution >= 4 is 11.8 Å². The van der Waals surface area contributed by atoms with Crippen LogP contribution in [-0.2, 0) is 4.79 Å². The van der Waals surface area contributed by atoms with Gasteiger partial charge in [0.25, 0.3) is 5.91 Å². The number of nitrogens with zero attached hydrogens (tertiary/aromatic N) is 2. The maximum atomic E-state index is 12.7. The zero-order valence-corrected chi connectivity index (χ0v) is 14.4. The zero-order chi connectivity index (χ0) is 17.5. The van der Waals surface area contributed by atoms with Gasteiger partial charge >= 0.3 is 0 Å². The summed E-state index contributed by atoms with van der Waals surface area (Å²) in [5.41, 5.74) is 3.03. The third-order valence-electron chi connectivity index (χ3n) is 3.76. The van der Waals surface area contributed by atoms with E-state index < -0.39 is 0 Å². The van der Waals surface area contributed by atoms with Gasteiger partial charge in [0.1, 0.15) is 0 Å². The predicted molar refractivity (Wildman–Crippen MR) is 94.7 cm³/mol. The van der Waals surface area contributed by atoms with Crippen LogP contribution in [0.2, 0.25) is 0 Å². The highest BCUT2D eigenvalue weighted by molar-refractivity contribution is 5.97. The van der Waals surface area contributed by atoms with Crippen molar-refractivity contribution in [3.8, 4) is 11.3 Å². The van der Waals surface area contributed by atoms with Crippen molar-refractivity contribution in [1.82, 2.24) is 15.2 Å². The molecule has 2 aromatic rings. The van der Waals surface area contributed by atoms with Crippen molar-refractivity contribution < 1.29 is 9.59 Å². The lowest BCUT2D eigenvalue weighted by Crippen LogP contribution is -2.40. The summed E-state index contributed by atoms with van der Waals surface area (Å²) in [6, 6.07) is 13.5. The van der Waals surface area contributed by atoms with Crippen molar-refractivity contribution in [2.75, 3.05) is 19.6 Å². The maximum absolute atomic E-state index is 12.7. The van der Waals surface area contributed by atoms with E-state index in [1.807, 2.05) is 57.2 Å². The number of benzene rings is 1. The molecule has 0 aliphatic heterocycles. The van der Waals surface area contributed by atoms with Gasteiger partial charge in [0.15, 0.2) is 0 Å². The van der Waals surface area contributed by atoms with Crippen LogP contribution in [0.15, 0.2) is 42.5 Å². The Morgan fingerprint density at radius 1 is 1.08 bits per heavy atom. The number of hydrogen-bond donors (Lipinski definition) is 1. The van der Waals surface area contributed by atoms with Gasteiger partial charge in [-0.15, -0.1) is 0 Å². The number of rotatable bonds is 6. The third kappa shape index (κ3) is 4.19. The van der Waals surface area contributed by atoms with E-state index >= 15 is 0 Å². The summed E-state index contributed by atoms with van der Waals surface area (Å²) in [7, 11) is 0. The quantitative estimate of drug-likeness (QED) is 0.888. The van der Waals surface area contributed by atoms with E-state index in [0.29, 0.717) is 24.3 Å². The molecule has 5 heteroatoms. The second-order valence-electron chi connectivity index (χ2n) is 5.47. The smallest absolute Gasteiger partial charge is 0.256 e. The Morgan fingerprint density at radius 3 is 2.38 bits per heavy atom. The molecule has 2 amide bonds. The molecule has 0 bridgehead atoms. The molecule has 5 nitrogen and oxygen atoms in total. The third-order valence-corrected chi connectivity index (χ3v) is 3.76. The van der Waals surface area contributed by atoms with Crippen LogP contribution in [0.4, 0.5) is 0 Å². The minimum Gasteiger partial charge on any atom is -0.355 e. The Hall–Kier alpha value is -2.69. The van der Waals surface area contributed by atoms with Gasteiger partial charge in [0.2, 0.25) is 5.91 Å². The number of carbonyl (C=O) groups is 2. The summed E-state index contributed by atoms with van der Waals surface area (Å²) in [6.07, 6.45) is 0. The van der Waals surface area contributed by atoms with Crippen LogP contribution in [0.1, 0.15) is 29.9 Å². The molecule has 1 aromatic heterocycles. The number of nitrogens with one attached hydrogen (secondary N) is 1. The molecule has 0 unspecified atom stereocenters. The van der Waals surface area contributed by atoms with Crippen LogP contribution in [-0.4, -0.2) is 41.3 Å². The van der Waals surface area contributed by atoms with Gasteiger partial charge in [0.05, 0.1) is 23.5 Å². The van der Waals surface area contributed by atoms with E-state index in [1.165, 1.54) is 4.90 Å². The Balaban J connectivity index is 2.21. The molecule has 1 aromatic carbocycles. The first-order valence-electron chi connectivity index (χ1n) is 8.15. The number of amides is 2. The minimum atomic E-state index is -0.173. The molecule has 0 aliphatic rings. The van der Waals surface area contributed by atoms with Crippen LogP contribution >= 0.6 is 0 Å². The van der Waals surface area contributed by atoms with E-state index in [0.717, 1.165) is 11.3 Å². The lowest BCUT2D eigenvalue weighted by atomic mass is 10.1. The first kappa shape index (κ1) is 17.7. The lowest BCUT2D eigenvalue weighted by Gasteiger charge is -2.21. The Labute approximate surface area is 142 Å². The van der Waals surface area contributed by atoms with Crippen LogP contribution < -0.4 is 5.32 Å². The maximum Gasteiger partial charge on any atom is 0.256 e. The highest BCUT2D eigenvalue weighted by Gasteiger charge is 2.19. The molecule has 0 spiro atoms. The average Bonchev–Trinajstić information content (AvgIpc) is 2.60. The number of aromatic nitrogens is 1. The van der Waals surface area contributed by atoms with Crippen molar-refractivity contribution in [2.45, 2.75) is 20.8 Å². The molecule has 0 saturated heterocycles. The van der Waals surface area contributed by atoms with Gasteiger partial charge in [-0.3, -0.25) is 14.6 Å². The van der Waals surface area contributed by atoms with Crippen LogP contribution in [0.3, 0.4) is 0 Å². The van der Waals surface area contributed by atoms with Gasteiger partial charge in [-0.05, 0) is 32.9 Å². The van der Waals surface area contributed by atoms with E-state index in [-0.39, 0.29) is 18.4 Å². The second kappa shape index (κ2) is 8.24. The van der Waals surface area contributed by atoms with Gasteiger partial charge in [-0.25, -0.2) is 0 Å². The molecule has 24 heavy (non-hydrogen) atoms. The zero-order valence-electron chi connectivity index (χ0n) is 14.4. The monoisotopic (exact) mass is 325 g/mol. The number of hydrogen-bond acceptors (Lipinski definition) is 3. The van der Waals surface area contributed by atoms with E-state index in [9.17, 15) is 9.59 Å².